The lowest BCUT2D eigenvalue weighted by molar-refractivity contribution is 0.249. The molecular weight excluding hydrogens is 315 g/mol. The van der Waals surface area contributed by atoms with Gasteiger partial charge in [0.2, 0.25) is 0 Å². The number of aromatic nitrogens is 2. The number of nitrogens with one attached hydrogen (secondary N) is 1. The van der Waals surface area contributed by atoms with E-state index in [-0.39, 0.29) is 6.16 Å². The van der Waals surface area contributed by atoms with E-state index in [0.29, 0.717) is 18.7 Å². The molecule has 0 spiro atoms. The molecule has 0 fully saturated rings. The number of nitrogens with two attached hydrogens (primary N) is 1. The Morgan fingerprint density at radius 3 is 2.43 bits per heavy atom. The lowest BCUT2D eigenvalue weighted by Gasteiger charge is -2.21. The lowest BCUT2D eigenvalue weighted by Crippen LogP contribution is -2.26. The Hall–Kier alpha value is -1.50. The van der Waals surface area contributed by atoms with E-state index in [9.17, 15) is 4.57 Å². The summed E-state index contributed by atoms with van der Waals surface area (Å²) in [5, 5.41) is 0. The van der Waals surface area contributed by atoms with Gasteiger partial charge in [-0.15, -0.1) is 0 Å². The molecule has 0 amide bonds. The maximum atomic E-state index is 11.0. The van der Waals surface area contributed by atoms with Crippen LogP contribution in [-0.2, 0) is 23.8 Å². The maximum absolute atomic E-state index is 11.0. The van der Waals surface area contributed by atoms with Crippen LogP contribution in [0, 0.1) is 0 Å². The third-order valence-electron chi connectivity index (χ3n) is 3.42. The van der Waals surface area contributed by atoms with E-state index in [4.69, 9.17) is 15.5 Å². The Bertz CT molecular complexity index is 625. The van der Waals surface area contributed by atoms with Crippen molar-refractivity contribution in [3.05, 3.63) is 53.6 Å². The fourth-order valence-corrected chi connectivity index (χ4v) is 3.06. The number of hydrogen-bond donors (Lipinski definition) is 4. The summed E-state index contributed by atoms with van der Waals surface area (Å²) in [5.74, 6) is 0.903. The number of nitrogens with zero attached hydrogens (tertiary/aromatic N) is 2. The molecule has 0 saturated carbocycles. The van der Waals surface area contributed by atoms with Crippen LogP contribution in [0.4, 0.5) is 0 Å². The van der Waals surface area contributed by atoms with Gasteiger partial charge in [-0.25, -0.2) is 4.98 Å². The predicted molar refractivity (Wildman–Crippen MR) is 88.6 cm³/mol. The van der Waals surface area contributed by atoms with Crippen LogP contribution < -0.4 is 5.73 Å². The first kappa shape index (κ1) is 17.8. The molecule has 2 aromatic rings. The van der Waals surface area contributed by atoms with Crippen molar-refractivity contribution in [1.29, 1.82) is 0 Å². The molecule has 23 heavy (non-hydrogen) atoms. The monoisotopic (exact) mass is 338 g/mol. The van der Waals surface area contributed by atoms with Gasteiger partial charge in [-0.3, -0.25) is 9.46 Å². The number of hydrogen-bond acceptors (Lipinski definition) is 4. The van der Waals surface area contributed by atoms with Gasteiger partial charge in [0.1, 0.15) is 5.82 Å². The fourth-order valence-electron chi connectivity index (χ4n) is 2.37. The topological polar surface area (TPSA) is 115 Å². The molecule has 1 heterocycles. The minimum Gasteiger partial charge on any atom is -0.348 e. The number of H-pyrrole nitrogens is 1. The standard InChI is InChI=1S/C15H23N4O3P/c16-6-1-9-19(11-15-17-7-8-18-15)10-13-2-4-14(5-3-13)12-23(20,21)22/h2-5,7-8H,1,6,9-12,16H2,(H,17,18)(H2,20,21,22). The zero-order valence-electron chi connectivity index (χ0n) is 12.9. The lowest BCUT2D eigenvalue weighted by atomic mass is 10.1. The summed E-state index contributed by atoms with van der Waals surface area (Å²) in [4.78, 5) is 27.6. The van der Waals surface area contributed by atoms with Gasteiger partial charge in [-0.2, -0.15) is 0 Å². The molecule has 0 saturated heterocycles. The van der Waals surface area contributed by atoms with Crippen molar-refractivity contribution in [2.24, 2.45) is 5.73 Å². The van der Waals surface area contributed by atoms with Crippen molar-refractivity contribution in [1.82, 2.24) is 14.9 Å². The normalized spacial score (nSPS) is 12.0. The van der Waals surface area contributed by atoms with Crippen LogP contribution in [0.25, 0.3) is 0 Å². The molecule has 0 aliphatic rings. The summed E-state index contributed by atoms with van der Waals surface area (Å²) >= 11 is 0. The molecule has 8 heteroatoms. The number of imidazole rings is 1. The average Bonchev–Trinajstić information content (AvgIpc) is 2.98. The molecule has 0 bridgehead atoms. The Morgan fingerprint density at radius 2 is 1.87 bits per heavy atom. The van der Waals surface area contributed by atoms with E-state index in [2.05, 4.69) is 14.9 Å². The van der Waals surface area contributed by atoms with Crippen LogP contribution in [0.1, 0.15) is 23.4 Å². The van der Waals surface area contributed by atoms with Gasteiger partial charge in [0, 0.05) is 25.5 Å². The van der Waals surface area contributed by atoms with Crippen LogP contribution in [0.5, 0.6) is 0 Å². The number of benzene rings is 1. The quantitative estimate of drug-likeness (QED) is 0.514. The van der Waals surface area contributed by atoms with Gasteiger partial charge >= 0.3 is 7.60 Å². The summed E-state index contributed by atoms with van der Waals surface area (Å²) in [6, 6.07) is 7.34. The molecule has 2 rings (SSSR count). The summed E-state index contributed by atoms with van der Waals surface area (Å²) in [6.45, 7) is 2.94. The van der Waals surface area contributed by atoms with Crippen molar-refractivity contribution in [2.45, 2.75) is 25.7 Å². The molecule has 1 aromatic carbocycles. The molecule has 7 nitrogen and oxygen atoms in total. The SMILES string of the molecule is NCCCN(Cc1ccc(CP(=O)(O)O)cc1)Cc1ncc[nH]1. The third-order valence-corrected chi connectivity index (χ3v) is 4.20. The molecule has 0 unspecified atom stereocenters. The molecular formula is C15H23N4O3P. The van der Waals surface area contributed by atoms with Gasteiger partial charge in [0.15, 0.2) is 0 Å². The molecule has 0 aliphatic heterocycles. The van der Waals surface area contributed by atoms with Gasteiger partial charge in [-0.05, 0) is 24.1 Å². The first-order chi connectivity index (χ1) is 11.0. The van der Waals surface area contributed by atoms with E-state index in [1.54, 1.807) is 24.5 Å². The van der Waals surface area contributed by atoms with Crippen LogP contribution >= 0.6 is 7.60 Å². The van der Waals surface area contributed by atoms with Crippen LogP contribution in [0.15, 0.2) is 36.7 Å². The minimum atomic E-state index is -4.02. The predicted octanol–water partition coefficient (Wildman–Crippen LogP) is 1.44. The number of rotatable bonds is 9. The highest BCUT2D eigenvalue weighted by Gasteiger charge is 2.14. The van der Waals surface area contributed by atoms with E-state index >= 15 is 0 Å². The van der Waals surface area contributed by atoms with Gasteiger partial charge in [-0.1, -0.05) is 24.3 Å². The summed E-state index contributed by atoms with van der Waals surface area (Å²) in [6.07, 6.45) is 4.20. The van der Waals surface area contributed by atoms with E-state index in [1.807, 2.05) is 12.1 Å². The average molecular weight is 338 g/mol. The Morgan fingerprint density at radius 1 is 1.17 bits per heavy atom. The van der Waals surface area contributed by atoms with Crippen molar-refractivity contribution in [3.63, 3.8) is 0 Å². The molecule has 0 atom stereocenters. The van der Waals surface area contributed by atoms with Crippen LogP contribution in [0.2, 0.25) is 0 Å². The Kier molecular flexibility index (Phi) is 6.50. The van der Waals surface area contributed by atoms with Gasteiger partial charge < -0.3 is 20.5 Å². The zero-order chi connectivity index (χ0) is 16.7. The molecule has 126 valence electrons. The Labute approximate surface area is 135 Å². The van der Waals surface area contributed by atoms with Crippen molar-refractivity contribution in [2.75, 3.05) is 13.1 Å². The van der Waals surface area contributed by atoms with Crippen molar-refractivity contribution >= 4 is 7.60 Å². The fraction of sp³-hybridized carbons (Fsp3) is 0.400. The summed E-state index contributed by atoms with van der Waals surface area (Å²) in [5.41, 5.74) is 7.32. The third kappa shape index (κ3) is 6.64. The van der Waals surface area contributed by atoms with Gasteiger partial charge in [0.05, 0.1) is 12.7 Å². The van der Waals surface area contributed by atoms with E-state index in [1.165, 1.54) is 0 Å². The van der Waals surface area contributed by atoms with Crippen LogP contribution in [0.3, 0.4) is 0 Å². The van der Waals surface area contributed by atoms with Crippen molar-refractivity contribution < 1.29 is 14.4 Å². The summed E-state index contributed by atoms with van der Waals surface area (Å²) in [7, 11) is -4.02. The molecule has 0 aliphatic carbocycles. The van der Waals surface area contributed by atoms with Gasteiger partial charge in [0.25, 0.3) is 0 Å². The second-order valence-corrected chi connectivity index (χ2v) is 7.17. The highest BCUT2D eigenvalue weighted by Crippen LogP contribution is 2.38. The first-order valence-electron chi connectivity index (χ1n) is 7.49. The smallest absolute Gasteiger partial charge is 0.329 e. The van der Waals surface area contributed by atoms with E-state index in [0.717, 1.165) is 30.9 Å². The summed E-state index contributed by atoms with van der Waals surface area (Å²) < 4.78 is 11.0. The first-order valence-corrected chi connectivity index (χ1v) is 9.29. The maximum Gasteiger partial charge on any atom is 0.329 e. The number of aromatic amines is 1. The highest BCUT2D eigenvalue weighted by atomic mass is 31.2. The van der Waals surface area contributed by atoms with Crippen molar-refractivity contribution in [3.8, 4) is 0 Å². The zero-order valence-corrected chi connectivity index (χ0v) is 13.8. The second kappa shape index (κ2) is 8.38. The molecule has 1 aromatic heterocycles. The second-order valence-electron chi connectivity index (χ2n) is 5.53. The Balaban J connectivity index is 1.99. The largest absolute Gasteiger partial charge is 0.348 e. The molecule has 5 N–H and O–H groups in total. The van der Waals surface area contributed by atoms with E-state index < -0.39 is 7.60 Å². The molecule has 0 radical (unpaired) electrons. The van der Waals surface area contributed by atoms with Crippen LogP contribution in [-0.4, -0.2) is 37.7 Å². The minimum absolute atomic E-state index is 0.226. The highest BCUT2D eigenvalue weighted by molar-refractivity contribution is 7.50.